The van der Waals surface area contributed by atoms with Crippen molar-refractivity contribution in [1.29, 1.82) is 0 Å². The summed E-state index contributed by atoms with van der Waals surface area (Å²) in [7, 11) is 0. The van der Waals surface area contributed by atoms with E-state index in [1.807, 2.05) is 13.0 Å². The van der Waals surface area contributed by atoms with E-state index in [0.29, 0.717) is 4.77 Å². The van der Waals surface area contributed by atoms with Crippen molar-refractivity contribution in [2.75, 3.05) is 0 Å². The van der Waals surface area contributed by atoms with Crippen molar-refractivity contribution in [3.8, 4) is 0 Å². The van der Waals surface area contributed by atoms with Crippen molar-refractivity contribution in [2.45, 2.75) is 13.3 Å². The molecular weight excluding hydrogens is 172 g/mol. The Hall–Kier alpha value is -1.23. The van der Waals surface area contributed by atoms with Gasteiger partial charge in [-0.1, -0.05) is 6.92 Å². The third-order valence-electron chi connectivity index (χ3n) is 1.72. The van der Waals surface area contributed by atoms with Crippen molar-refractivity contribution in [3.63, 3.8) is 0 Å². The Bertz CT molecular complexity index is 456. The van der Waals surface area contributed by atoms with Gasteiger partial charge in [0, 0.05) is 11.8 Å². The highest BCUT2D eigenvalue weighted by Gasteiger charge is 1.97. The maximum Gasteiger partial charge on any atom is 0.206 e. The van der Waals surface area contributed by atoms with Crippen LogP contribution in [0.3, 0.4) is 0 Å². The molecule has 1 N–H and O–H groups in total. The molecule has 0 aliphatic heterocycles. The number of rotatable bonds is 1. The molecule has 0 saturated carbocycles. The number of aromatic nitrogens is 4. The normalized spacial score (nSPS) is 10.8. The van der Waals surface area contributed by atoms with Gasteiger partial charge in [0.2, 0.25) is 4.77 Å². The molecule has 2 heterocycles. The van der Waals surface area contributed by atoms with E-state index < -0.39 is 0 Å². The van der Waals surface area contributed by atoms with Gasteiger partial charge in [-0.05, 0) is 18.6 Å². The van der Waals surface area contributed by atoms with Gasteiger partial charge in [-0.3, -0.25) is 9.50 Å². The van der Waals surface area contributed by atoms with Crippen LogP contribution in [-0.2, 0) is 6.42 Å². The molecule has 0 fully saturated rings. The lowest BCUT2D eigenvalue weighted by molar-refractivity contribution is 0.958. The molecule has 62 valence electrons. The highest BCUT2D eigenvalue weighted by Crippen LogP contribution is 2.02. The first-order valence-electron chi connectivity index (χ1n) is 3.73. The molecule has 0 aliphatic rings. The summed E-state index contributed by atoms with van der Waals surface area (Å²) in [5.41, 5.74) is 1.89. The maximum atomic E-state index is 5.05. The third-order valence-corrected chi connectivity index (χ3v) is 2.01. The molecule has 0 radical (unpaired) electrons. The summed E-state index contributed by atoms with van der Waals surface area (Å²) in [6.45, 7) is 2.05. The van der Waals surface area contributed by atoms with Crippen LogP contribution in [0, 0.1) is 4.77 Å². The van der Waals surface area contributed by atoms with Crippen LogP contribution in [0.5, 0.6) is 0 Å². The summed E-state index contributed by atoms with van der Waals surface area (Å²) in [5, 5.41) is 6.71. The minimum absolute atomic E-state index is 0.554. The SMILES string of the molecule is CCc1cc2[nH]ncn2c(=S)n1. The number of fused-ring (bicyclic) bond motifs is 1. The van der Waals surface area contributed by atoms with E-state index in [-0.39, 0.29) is 0 Å². The predicted octanol–water partition coefficient (Wildman–Crippen LogP) is 1.35. The maximum absolute atomic E-state index is 5.05. The highest BCUT2D eigenvalue weighted by atomic mass is 32.1. The molecule has 0 unspecified atom stereocenters. The topological polar surface area (TPSA) is 46.0 Å². The molecule has 0 atom stereocenters. The monoisotopic (exact) mass is 180 g/mol. The first kappa shape index (κ1) is 7.42. The van der Waals surface area contributed by atoms with Crippen LogP contribution in [0.25, 0.3) is 5.65 Å². The summed E-state index contributed by atoms with van der Waals surface area (Å²) in [6, 6.07) is 1.95. The molecule has 2 aromatic rings. The van der Waals surface area contributed by atoms with Crippen LogP contribution in [0.4, 0.5) is 0 Å². The Labute approximate surface area is 74.3 Å². The zero-order chi connectivity index (χ0) is 8.55. The quantitative estimate of drug-likeness (QED) is 0.674. The van der Waals surface area contributed by atoms with Crippen molar-refractivity contribution in [1.82, 2.24) is 19.6 Å². The number of nitrogens with zero attached hydrogens (tertiary/aromatic N) is 3. The van der Waals surface area contributed by atoms with Crippen LogP contribution in [0.1, 0.15) is 12.6 Å². The van der Waals surface area contributed by atoms with Crippen LogP contribution in [-0.4, -0.2) is 19.6 Å². The zero-order valence-electron chi connectivity index (χ0n) is 6.61. The average molecular weight is 180 g/mol. The molecule has 12 heavy (non-hydrogen) atoms. The molecule has 0 aromatic carbocycles. The van der Waals surface area contributed by atoms with E-state index in [1.165, 1.54) is 0 Å². The molecule has 0 amide bonds. The van der Waals surface area contributed by atoms with E-state index >= 15 is 0 Å². The lowest BCUT2D eigenvalue weighted by Crippen LogP contribution is -1.94. The second-order valence-corrected chi connectivity index (χ2v) is 2.86. The minimum Gasteiger partial charge on any atom is -0.261 e. The summed E-state index contributed by atoms with van der Waals surface area (Å²) in [4.78, 5) is 4.21. The number of nitrogens with one attached hydrogen (secondary N) is 1. The van der Waals surface area contributed by atoms with Crippen molar-refractivity contribution < 1.29 is 0 Å². The van der Waals surface area contributed by atoms with Crippen molar-refractivity contribution in [2.24, 2.45) is 0 Å². The van der Waals surface area contributed by atoms with Gasteiger partial charge in [0.15, 0.2) is 0 Å². The molecular formula is C7H8N4S. The standard InChI is InChI=1S/C7H8N4S/c1-2-5-3-6-10-8-4-11(6)7(12)9-5/h3-4,10H,2H2,1H3. The van der Waals surface area contributed by atoms with Crippen LogP contribution in [0.2, 0.25) is 0 Å². The minimum atomic E-state index is 0.554. The number of H-pyrrole nitrogens is 1. The van der Waals surface area contributed by atoms with Gasteiger partial charge in [0.25, 0.3) is 0 Å². The summed E-state index contributed by atoms with van der Waals surface area (Å²) >= 11 is 5.05. The summed E-state index contributed by atoms with van der Waals surface area (Å²) < 4.78 is 2.30. The Morgan fingerprint density at radius 1 is 1.67 bits per heavy atom. The van der Waals surface area contributed by atoms with Gasteiger partial charge in [-0.2, -0.15) is 5.10 Å². The highest BCUT2D eigenvalue weighted by molar-refractivity contribution is 7.71. The fraction of sp³-hybridized carbons (Fsp3) is 0.286. The van der Waals surface area contributed by atoms with Gasteiger partial charge in [-0.25, -0.2) is 4.98 Å². The van der Waals surface area contributed by atoms with Crippen LogP contribution >= 0.6 is 12.2 Å². The molecule has 5 heteroatoms. The van der Waals surface area contributed by atoms with E-state index in [2.05, 4.69) is 15.2 Å². The first-order chi connectivity index (χ1) is 5.81. The number of aromatic amines is 1. The smallest absolute Gasteiger partial charge is 0.206 e. The van der Waals surface area contributed by atoms with Gasteiger partial charge >= 0.3 is 0 Å². The zero-order valence-corrected chi connectivity index (χ0v) is 7.43. The van der Waals surface area contributed by atoms with Crippen LogP contribution in [0.15, 0.2) is 12.4 Å². The Morgan fingerprint density at radius 2 is 2.50 bits per heavy atom. The lowest BCUT2D eigenvalue weighted by Gasteiger charge is -1.95. The number of hydrogen-bond acceptors (Lipinski definition) is 3. The largest absolute Gasteiger partial charge is 0.261 e. The predicted molar refractivity (Wildman–Crippen MR) is 47.5 cm³/mol. The number of hydrogen-bond donors (Lipinski definition) is 1. The van der Waals surface area contributed by atoms with Gasteiger partial charge in [-0.15, -0.1) is 0 Å². The second kappa shape index (κ2) is 2.67. The fourth-order valence-corrected chi connectivity index (χ4v) is 1.33. The summed E-state index contributed by atoms with van der Waals surface area (Å²) in [5.74, 6) is 0. The molecule has 0 saturated heterocycles. The van der Waals surface area contributed by atoms with Gasteiger partial charge in [0.1, 0.15) is 12.0 Å². The molecule has 2 rings (SSSR count). The van der Waals surface area contributed by atoms with Crippen LogP contribution < -0.4 is 0 Å². The van der Waals surface area contributed by atoms with Crippen molar-refractivity contribution in [3.05, 3.63) is 22.9 Å². The van der Waals surface area contributed by atoms with E-state index in [1.54, 1.807) is 10.7 Å². The fourth-order valence-electron chi connectivity index (χ4n) is 1.07. The molecule has 2 aromatic heterocycles. The Morgan fingerprint density at radius 3 is 3.25 bits per heavy atom. The molecule has 0 bridgehead atoms. The molecule has 0 spiro atoms. The Kier molecular flexibility index (Phi) is 1.65. The van der Waals surface area contributed by atoms with Gasteiger partial charge in [0.05, 0.1) is 0 Å². The van der Waals surface area contributed by atoms with Gasteiger partial charge < -0.3 is 0 Å². The second-order valence-electron chi connectivity index (χ2n) is 2.50. The van der Waals surface area contributed by atoms with E-state index in [4.69, 9.17) is 12.2 Å². The lowest BCUT2D eigenvalue weighted by atomic mass is 10.3. The third kappa shape index (κ3) is 1.02. The van der Waals surface area contributed by atoms with Crippen molar-refractivity contribution >= 4 is 17.9 Å². The molecule has 0 aliphatic carbocycles. The molecule has 4 nitrogen and oxygen atoms in total. The van der Waals surface area contributed by atoms with E-state index in [9.17, 15) is 0 Å². The van der Waals surface area contributed by atoms with E-state index in [0.717, 1.165) is 17.8 Å². The average Bonchev–Trinajstić information content (AvgIpc) is 2.52. The summed E-state index contributed by atoms with van der Waals surface area (Å²) in [6.07, 6.45) is 2.52. The number of aryl methyl sites for hydroxylation is 1. The Balaban J connectivity index is 2.84. The first-order valence-corrected chi connectivity index (χ1v) is 4.13.